The maximum atomic E-state index is 11.8. The van der Waals surface area contributed by atoms with E-state index < -0.39 is 0 Å². The van der Waals surface area contributed by atoms with Crippen molar-refractivity contribution in [3.05, 3.63) is 0 Å². The van der Waals surface area contributed by atoms with Crippen LogP contribution in [0, 0.1) is 5.92 Å². The van der Waals surface area contributed by atoms with Gasteiger partial charge in [-0.25, -0.2) is 0 Å². The Morgan fingerprint density at radius 2 is 2.29 bits per heavy atom. The molecule has 2 fully saturated rings. The van der Waals surface area contributed by atoms with Crippen LogP contribution in [0.15, 0.2) is 0 Å². The number of likely N-dealkylation sites (tertiary alicyclic amines) is 1. The van der Waals surface area contributed by atoms with Crippen LogP contribution in [0.5, 0.6) is 0 Å². The molecule has 1 N–H and O–H groups in total. The summed E-state index contributed by atoms with van der Waals surface area (Å²) in [6.45, 7) is 6.48. The fourth-order valence-electron chi connectivity index (χ4n) is 2.72. The number of carbonyl (C=O) groups is 1. The number of carbonyl (C=O) groups excluding carboxylic acids is 1. The first-order valence-corrected chi connectivity index (χ1v) is 6.84. The first kappa shape index (κ1) is 12.8. The van der Waals surface area contributed by atoms with Gasteiger partial charge < -0.3 is 10.1 Å². The predicted molar refractivity (Wildman–Crippen MR) is 66.8 cm³/mol. The van der Waals surface area contributed by atoms with Gasteiger partial charge in [-0.05, 0) is 38.1 Å². The van der Waals surface area contributed by atoms with Gasteiger partial charge in [0.2, 0.25) is 5.91 Å². The zero-order valence-corrected chi connectivity index (χ0v) is 10.8. The molecular formula is C13H24N2O2. The Balaban J connectivity index is 1.62. The van der Waals surface area contributed by atoms with Gasteiger partial charge in [0.05, 0.1) is 12.6 Å². The highest BCUT2D eigenvalue weighted by atomic mass is 16.5. The smallest absolute Gasteiger partial charge is 0.234 e. The number of hydrogen-bond acceptors (Lipinski definition) is 3. The van der Waals surface area contributed by atoms with Gasteiger partial charge in [-0.15, -0.1) is 0 Å². The Labute approximate surface area is 104 Å². The highest BCUT2D eigenvalue weighted by Gasteiger charge is 2.20. The van der Waals surface area contributed by atoms with Gasteiger partial charge in [-0.2, -0.15) is 0 Å². The fourth-order valence-corrected chi connectivity index (χ4v) is 2.72. The predicted octanol–water partition coefficient (Wildman–Crippen LogP) is 1.01. The van der Waals surface area contributed by atoms with E-state index in [9.17, 15) is 4.79 Å². The Kier molecular flexibility index (Phi) is 4.80. The van der Waals surface area contributed by atoms with Crippen LogP contribution in [0.25, 0.3) is 0 Å². The molecule has 4 nitrogen and oxygen atoms in total. The van der Waals surface area contributed by atoms with Crippen LogP contribution in [0.2, 0.25) is 0 Å². The van der Waals surface area contributed by atoms with Crippen molar-refractivity contribution in [2.24, 2.45) is 5.92 Å². The van der Waals surface area contributed by atoms with Gasteiger partial charge in [0, 0.05) is 19.7 Å². The number of piperidine rings is 1. The van der Waals surface area contributed by atoms with Crippen LogP contribution >= 0.6 is 0 Å². The van der Waals surface area contributed by atoms with E-state index in [2.05, 4.69) is 17.1 Å². The summed E-state index contributed by atoms with van der Waals surface area (Å²) in [5.41, 5.74) is 0. The minimum Gasteiger partial charge on any atom is -0.376 e. The largest absolute Gasteiger partial charge is 0.376 e. The molecule has 0 aromatic carbocycles. The third kappa shape index (κ3) is 4.28. The molecule has 0 aliphatic carbocycles. The quantitative estimate of drug-likeness (QED) is 0.797. The second-order valence-electron chi connectivity index (χ2n) is 5.42. The molecule has 0 bridgehead atoms. The molecule has 0 radical (unpaired) electrons. The number of hydrogen-bond donors (Lipinski definition) is 1. The van der Waals surface area contributed by atoms with E-state index in [1.165, 1.54) is 12.8 Å². The molecule has 0 spiro atoms. The zero-order valence-electron chi connectivity index (χ0n) is 10.8. The van der Waals surface area contributed by atoms with Crippen molar-refractivity contribution < 1.29 is 9.53 Å². The summed E-state index contributed by atoms with van der Waals surface area (Å²) in [6.07, 6.45) is 4.98. The average Bonchev–Trinajstić information content (AvgIpc) is 2.79. The molecule has 0 aromatic heterocycles. The molecule has 2 aliphatic rings. The van der Waals surface area contributed by atoms with E-state index in [4.69, 9.17) is 4.74 Å². The third-order valence-corrected chi connectivity index (χ3v) is 3.66. The molecule has 2 unspecified atom stereocenters. The van der Waals surface area contributed by atoms with E-state index in [1.54, 1.807) is 0 Å². The van der Waals surface area contributed by atoms with E-state index in [0.29, 0.717) is 13.1 Å². The number of amides is 1. The van der Waals surface area contributed by atoms with E-state index in [1.807, 2.05) is 0 Å². The molecule has 2 saturated heterocycles. The van der Waals surface area contributed by atoms with Gasteiger partial charge in [-0.3, -0.25) is 9.69 Å². The normalized spacial score (nSPS) is 30.4. The third-order valence-electron chi connectivity index (χ3n) is 3.66. The van der Waals surface area contributed by atoms with Crippen molar-refractivity contribution in [3.8, 4) is 0 Å². The average molecular weight is 240 g/mol. The maximum absolute atomic E-state index is 11.8. The SMILES string of the molecule is CC1CCCN(CC(=O)NCC2CCCO2)C1. The van der Waals surface area contributed by atoms with Gasteiger partial charge in [-0.1, -0.05) is 6.92 Å². The number of rotatable bonds is 4. The Bertz CT molecular complexity index is 252. The number of ether oxygens (including phenoxy) is 1. The van der Waals surface area contributed by atoms with Crippen molar-refractivity contribution >= 4 is 5.91 Å². The zero-order chi connectivity index (χ0) is 12.1. The lowest BCUT2D eigenvalue weighted by Crippen LogP contribution is -2.43. The molecule has 17 heavy (non-hydrogen) atoms. The fraction of sp³-hybridized carbons (Fsp3) is 0.923. The van der Waals surface area contributed by atoms with Crippen LogP contribution in [0.1, 0.15) is 32.6 Å². The van der Waals surface area contributed by atoms with Gasteiger partial charge in [0.1, 0.15) is 0 Å². The van der Waals surface area contributed by atoms with Crippen molar-refractivity contribution in [1.29, 1.82) is 0 Å². The standard InChI is InChI=1S/C13H24N2O2/c1-11-4-2-6-15(9-11)10-13(16)14-8-12-5-3-7-17-12/h11-12H,2-10H2,1H3,(H,14,16). The molecular weight excluding hydrogens is 216 g/mol. The van der Waals surface area contributed by atoms with Gasteiger partial charge >= 0.3 is 0 Å². The van der Waals surface area contributed by atoms with E-state index in [0.717, 1.165) is 38.5 Å². The molecule has 2 rings (SSSR count). The first-order valence-electron chi connectivity index (χ1n) is 6.84. The second kappa shape index (κ2) is 6.36. The van der Waals surface area contributed by atoms with Crippen LogP contribution in [0.3, 0.4) is 0 Å². The summed E-state index contributed by atoms with van der Waals surface area (Å²) in [5, 5.41) is 2.98. The molecule has 4 heteroatoms. The lowest BCUT2D eigenvalue weighted by Gasteiger charge is -2.30. The van der Waals surface area contributed by atoms with E-state index in [-0.39, 0.29) is 12.0 Å². The minimum absolute atomic E-state index is 0.148. The lowest BCUT2D eigenvalue weighted by molar-refractivity contribution is -0.123. The number of nitrogens with one attached hydrogen (secondary N) is 1. The summed E-state index contributed by atoms with van der Waals surface area (Å²) in [4.78, 5) is 14.0. The van der Waals surface area contributed by atoms with Crippen LogP contribution in [-0.4, -0.2) is 49.7 Å². The Hall–Kier alpha value is -0.610. The number of nitrogens with zero attached hydrogens (tertiary/aromatic N) is 1. The molecule has 0 saturated carbocycles. The lowest BCUT2D eigenvalue weighted by atomic mass is 10.0. The maximum Gasteiger partial charge on any atom is 0.234 e. The molecule has 2 atom stereocenters. The monoisotopic (exact) mass is 240 g/mol. The Morgan fingerprint density at radius 3 is 3.00 bits per heavy atom. The molecule has 1 amide bonds. The topological polar surface area (TPSA) is 41.6 Å². The highest BCUT2D eigenvalue weighted by molar-refractivity contribution is 5.78. The summed E-state index contributed by atoms with van der Waals surface area (Å²) in [7, 11) is 0. The van der Waals surface area contributed by atoms with Crippen LogP contribution in [-0.2, 0) is 9.53 Å². The second-order valence-corrected chi connectivity index (χ2v) is 5.42. The van der Waals surface area contributed by atoms with Crippen molar-refractivity contribution in [1.82, 2.24) is 10.2 Å². The van der Waals surface area contributed by atoms with Crippen molar-refractivity contribution in [2.75, 3.05) is 32.8 Å². The first-order chi connectivity index (χ1) is 8.24. The van der Waals surface area contributed by atoms with Crippen LogP contribution < -0.4 is 5.32 Å². The summed E-state index contributed by atoms with van der Waals surface area (Å²) in [6, 6.07) is 0. The van der Waals surface area contributed by atoms with Gasteiger partial charge in [0.25, 0.3) is 0 Å². The molecule has 2 heterocycles. The van der Waals surface area contributed by atoms with Gasteiger partial charge in [0.15, 0.2) is 0 Å². The highest BCUT2D eigenvalue weighted by Crippen LogP contribution is 2.15. The molecule has 2 aliphatic heterocycles. The molecule has 98 valence electrons. The van der Waals surface area contributed by atoms with Crippen molar-refractivity contribution in [3.63, 3.8) is 0 Å². The summed E-state index contributed by atoms with van der Waals surface area (Å²) < 4.78 is 5.48. The molecule has 0 aromatic rings. The van der Waals surface area contributed by atoms with Crippen molar-refractivity contribution in [2.45, 2.75) is 38.7 Å². The summed E-state index contributed by atoms with van der Waals surface area (Å²) in [5.74, 6) is 0.879. The summed E-state index contributed by atoms with van der Waals surface area (Å²) >= 11 is 0. The van der Waals surface area contributed by atoms with E-state index >= 15 is 0 Å². The minimum atomic E-state index is 0.148. The Morgan fingerprint density at radius 1 is 1.41 bits per heavy atom. The van der Waals surface area contributed by atoms with Crippen LogP contribution in [0.4, 0.5) is 0 Å².